The van der Waals surface area contributed by atoms with Crippen LogP contribution in [0.2, 0.25) is 0 Å². The summed E-state index contributed by atoms with van der Waals surface area (Å²) in [7, 11) is 0. The van der Waals surface area contributed by atoms with Crippen molar-refractivity contribution in [3.8, 4) is 0 Å². The fraction of sp³-hybridized carbons (Fsp3) is 1.00. The quantitative estimate of drug-likeness (QED) is 0.494. The molecule has 3 N–H and O–H groups in total. The lowest BCUT2D eigenvalue weighted by atomic mass is 9.85. The van der Waals surface area contributed by atoms with Crippen molar-refractivity contribution in [2.75, 3.05) is 0 Å². The summed E-state index contributed by atoms with van der Waals surface area (Å²) < 4.78 is 0. The van der Waals surface area contributed by atoms with E-state index in [4.69, 9.17) is 5.84 Å². The van der Waals surface area contributed by atoms with E-state index in [1.807, 2.05) is 0 Å². The number of hydrogen-bond donors (Lipinski definition) is 2. The summed E-state index contributed by atoms with van der Waals surface area (Å²) in [5.74, 6) is 7.68. The fourth-order valence-electron chi connectivity index (χ4n) is 1.50. The van der Waals surface area contributed by atoms with Gasteiger partial charge in [0.15, 0.2) is 0 Å². The lowest BCUT2D eigenvalue weighted by molar-refractivity contribution is 0.259. The Kier molecular flexibility index (Phi) is 6.35. The van der Waals surface area contributed by atoms with Crippen LogP contribution in [0.3, 0.4) is 0 Å². The predicted octanol–water partition coefficient (Wildman–Crippen LogP) is 2.55. The zero-order valence-electron chi connectivity index (χ0n) is 9.80. The van der Waals surface area contributed by atoms with E-state index in [2.05, 4.69) is 40.0 Å². The predicted molar refractivity (Wildman–Crippen MR) is 59.2 cm³/mol. The van der Waals surface area contributed by atoms with Gasteiger partial charge in [0.1, 0.15) is 0 Å². The summed E-state index contributed by atoms with van der Waals surface area (Å²) >= 11 is 0. The molecule has 13 heavy (non-hydrogen) atoms. The summed E-state index contributed by atoms with van der Waals surface area (Å²) in [6.07, 6.45) is 2.43. The van der Waals surface area contributed by atoms with Crippen LogP contribution in [-0.4, -0.2) is 6.04 Å². The van der Waals surface area contributed by atoms with Crippen molar-refractivity contribution in [1.82, 2.24) is 5.43 Å². The molecule has 0 saturated carbocycles. The van der Waals surface area contributed by atoms with Gasteiger partial charge in [-0.2, -0.15) is 0 Å². The van der Waals surface area contributed by atoms with E-state index in [0.29, 0.717) is 17.9 Å². The zero-order valence-corrected chi connectivity index (χ0v) is 9.80. The highest BCUT2D eigenvalue weighted by Gasteiger charge is 2.20. The molecule has 0 spiro atoms. The summed E-state index contributed by atoms with van der Waals surface area (Å²) in [6, 6.07) is 0.468. The largest absolute Gasteiger partial charge is 0.271 e. The van der Waals surface area contributed by atoms with Crippen LogP contribution in [0.25, 0.3) is 0 Å². The molecule has 0 amide bonds. The molecule has 0 aromatic rings. The lowest BCUT2D eigenvalue weighted by Gasteiger charge is -2.28. The van der Waals surface area contributed by atoms with E-state index in [0.717, 1.165) is 5.92 Å². The van der Waals surface area contributed by atoms with Crippen molar-refractivity contribution in [2.45, 2.75) is 53.5 Å². The van der Waals surface area contributed by atoms with Gasteiger partial charge in [-0.05, 0) is 24.2 Å². The molecule has 0 heterocycles. The van der Waals surface area contributed by atoms with E-state index >= 15 is 0 Å². The molecule has 0 aromatic heterocycles. The molecule has 0 saturated heterocycles. The highest BCUT2D eigenvalue weighted by atomic mass is 15.2. The number of nitrogens with one attached hydrogen (secondary N) is 1. The zero-order chi connectivity index (χ0) is 10.4. The van der Waals surface area contributed by atoms with Crippen LogP contribution >= 0.6 is 0 Å². The van der Waals surface area contributed by atoms with Gasteiger partial charge in [-0.3, -0.25) is 11.3 Å². The van der Waals surface area contributed by atoms with Crippen molar-refractivity contribution in [3.63, 3.8) is 0 Å². The Bertz CT molecular complexity index is 123. The van der Waals surface area contributed by atoms with Crippen LogP contribution < -0.4 is 11.3 Å². The van der Waals surface area contributed by atoms with Gasteiger partial charge in [-0.15, -0.1) is 0 Å². The summed E-state index contributed by atoms with van der Waals surface area (Å²) in [5.41, 5.74) is 2.95. The monoisotopic (exact) mass is 186 g/mol. The number of hydrazine groups is 1. The van der Waals surface area contributed by atoms with Crippen LogP contribution in [0.15, 0.2) is 0 Å². The third kappa shape index (κ3) is 4.63. The normalized spacial score (nSPS) is 18.7. The molecule has 0 bridgehead atoms. The molecule has 0 rings (SSSR count). The first kappa shape index (κ1) is 12.9. The first-order chi connectivity index (χ1) is 6.02. The van der Waals surface area contributed by atoms with Crippen molar-refractivity contribution >= 4 is 0 Å². The second-order valence-corrected chi connectivity index (χ2v) is 4.63. The first-order valence-corrected chi connectivity index (χ1v) is 5.49. The number of nitrogens with two attached hydrogens (primary N) is 1. The minimum atomic E-state index is 0.468. The van der Waals surface area contributed by atoms with E-state index < -0.39 is 0 Å². The third-order valence-electron chi connectivity index (χ3n) is 3.25. The standard InChI is InChI=1S/C11H26N2/c1-6-9(4)7-11(13-12)10(5)8(2)3/h8-11,13H,6-7,12H2,1-5H3. The SMILES string of the molecule is CCC(C)CC(NN)C(C)C(C)C. The molecule has 0 aromatic carbocycles. The van der Waals surface area contributed by atoms with Gasteiger partial charge in [-0.25, -0.2) is 0 Å². The second kappa shape index (κ2) is 6.39. The molecule has 0 fully saturated rings. The molecular formula is C11H26N2. The Labute approximate surface area is 83.2 Å². The number of hydrogen-bond acceptors (Lipinski definition) is 2. The van der Waals surface area contributed by atoms with Gasteiger partial charge in [0.2, 0.25) is 0 Å². The van der Waals surface area contributed by atoms with Gasteiger partial charge in [0.05, 0.1) is 0 Å². The first-order valence-electron chi connectivity index (χ1n) is 5.49. The van der Waals surface area contributed by atoms with Gasteiger partial charge >= 0.3 is 0 Å². The van der Waals surface area contributed by atoms with Crippen molar-refractivity contribution < 1.29 is 0 Å². The highest BCUT2D eigenvalue weighted by molar-refractivity contribution is 4.75. The highest BCUT2D eigenvalue weighted by Crippen LogP contribution is 2.20. The molecule has 80 valence electrons. The smallest absolute Gasteiger partial charge is 0.0241 e. The lowest BCUT2D eigenvalue weighted by Crippen LogP contribution is -2.42. The maximum atomic E-state index is 5.56. The minimum absolute atomic E-state index is 0.468. The number of rotatable bonds is 6. The summed E-state index contributed by atoms with van der Waals surface area (Å²) in [5, 5.41) is 0. The van der Waals surface area contributed by atoms with Crippen LogP contribution in [0.1, 0.15) is 47.5 Å². The summed E-state index contributed by atoms with van der Waals surface area (Å²) in [6.45, 7) is 11.3. The Morgan fingerprint density at radius 1 is 1.15 bits per heavy atom. The maximum Gasteiger partial charge on any atom is 0.0241 e. The van der Waals surface area contributed by atoms with Gasteiger partial charge < -0.3 is 0 Å². The van der Waals surface area contributed by atoms with Gasteiger partial charge in [0, 0.05) is 6.04 Å². The van der Waals surface area contributed by atoms with E-state index in [1.54, 1.807) is 0 Å². The molecule has 2 nitrogen and oxygen atoms in total. The molecule has 0 aliphatic carbocycles. The fourth-order valence-corrected chi connectivity index (χ4v) is 1.50. The Balaban J connectivity index is 4.01. The van der Waals surface area contributed by atoms with Crippen LogP contribution in [0.5, 0.6) is 0 Å². The molecule has 3 atom stereocenters. The minimum Gasteiger partial charge on any atom is -0.271 e. The van der Waals surface area contributed by atoms with Crippen LogP contribution in [-0.2, 0) is 0 Å². The Morgan fingerprint density at radius 2 is 1.69 bits per heavy atom. The van der Waals surface area contributed by atoms with Crippen molar-refractivity contribution in [1.29, 1.82) is 0 Å². The van der Waals surface area contributed by atoms with E-state index in [9.17, 15) is 0 Å². The summed E-state index contributed by atoms with van der Waals surface area (Å²) in [4.78, 5) is 0. The molecular weight excluding hydrogens is 160 g/mol. The topological polar surface area (TPSA) is 38.0 Å². The Morgan fingerprint density at radius 3 is 2.00 bits per heavy atom. The van der Waals surface area contributed by atoms with Crippen LogP contribution in [0, 0.1) is 17.8 Å². The average Bonchev–Trinajstić information content (AvgIpc) is 2.12. The van der Waals surface area contributed by atoms with E-state index in [1.165, 1.54) is 12.8 Å². The van der Waals surface area contributed by atoms with Gasteiger partial charge in [0.25, 0.3) is 0 Å². The van der Waals surface area contributed by atoms with Crippen molar-refractivity contribution in [2.24, 2.45) is 23.6 Å². The second-order valence-electron chi connectivity index (χ2n) is 4.63. The molecule has 3 unspecified atom stereocenters. The molecule has 0 aliphatic rings. The Hall–Kier alpha value is -0.0800. The molecule has 0 radical (unpaired) electrons. The van der Waals surface area contributed by atoms with Crippen LogP contribution in [0.4, 0.5) is 0 Å². The van der Waals surface area contributed by atoms with Gasteiger partial charge in [-0.1, -0.05) is 41.0 Å². The van der Waals surface area contributed by atoms with Crippen molar-refractivity contribution in [3.05, 3.63) is 0 Å². The maximum absolute atomic E-state index is 5.56. The van der Waals surface area contributed by atoms with E-state index in [-0.39, 0.29) is 0 Å². The molecule has 2 heteroatoms. The average molecular weight is 186 g/mol. The molecule has 0 aliphatic heterocycles. The third-order valence-corrected chi connectivity index (χ3v) is 3.25.